The van der Waals surface area contributed by atoms with Crippen LogP contribution in [-0.2, 0) is 9.84 Å². The molecule has 2 aromatic rings. The molecule has 0 radical (unpaired) electrons. The van der Waals surface area contributed by atoms with E-state index in [0.29, 0.717) is 12.0 Å². The summed E-state index contributed by atoms with van der Waals surface area (Å²) in [4.78, 5) is 12.4. The number of carbonyl (C=O) groups is 1. The van der Waals surface area contributed by atoms with Gasteiger partial charge in [0.2, 0.25) is 0 Å². The van der Waals surface area contributed by atoms with Crippen LogP contribution in [0.3, 0.4) is 0 Å². The van der Waals surface area contributed by atoms with Crippen LogP contribution in [0.1, 0.15) is 35.1 Å². The fraction of sp³-hybridized carbons (Fsp3) is 0.389. The SMILES string of the molecule is Cc1ccc(C)n1-c1ccc(C(=O)NC2(C)CCS(=O)(=O)C2)cc1. The molecule has 0 saturated carbocycles. The Labute approximate surface area is 142 Å². The van der Waals surface area contributed by atoms with Gasteiger partial charge in [0.15, 0.2) is 9.84 Å². The lowest BCUT2D eigenvalue weighted by Gasteiger charge is -2.24. The number of carbonyl (C=O) groups excluding carboxylic acids is 1. The van der Waals surface area contributed by atoms with E-state index in [1.165, 1.54) is 0 Å². The Balaban J connectivity index is 1.78. The number of hydrogen-bond donors (Lipinski definition) is 1. The molecular formula is C18H22N2O3S. The lowest BCUT2D eigenvalue weighted by Crippen LogP contribution is -2.46. The summed E-state index contributed by atoms with van der Waals surface area (Å²) < 4.78 is 25.4. The van der Waals surface area contributed by atoms with Gasteiger partial charge in [-0.15, -0.1) is 0 Å². The quantitative estimate of drug-likeness (QED) is 0.928. The molecule has 1 atom stereocenters. The van der Waals surface area contributed by atoms with Crippen molar-refractivity contribution < 1.29 is 13.2 Å². The maximum absolute atomic E-state index is 12.4. The lowest BCUT2D eigenvalue weighted by atomic mass is 10.0. The second kappa shape index (κ2) is 5.77. The summed E-state index contributed by atoms with van der Waals surface area (Å²) >= 11 is 0. The van der Waals surface area contributed by atoms with Crippen LogP contribution < -0.4 is 5.32 Å². The molecule has 1 saturated heterocycles. The van der Waals surface area contributed by atoms with Crippen LogP contribution in [-0.4, -0.2) is 35.9 Å². The summed E-state index contributed by atoms with van der Waals surface area (Å²) in [5.74, 6) is -0.0948. The summed E-state index contributed by atoms with van der Waals surface area (Å²) in [5, 5.41) is 2.88. The monoisotopic (exact) mass is 346 g/mol. The molecule has 2 heterocycles. The zero-order chi connectivity index (χ0) is 17.5. The smallest absolute Gasteiger partial charge is 0.251 e. The highest BCUT2D eigenvalue weighted by atomic mass is 32.2. The first-order chi connectivity index (χ1) is 11.2. The van der Waals surface area contributed by atoms with Gasteiger partial charge in [-0.05, 0) is 63.6 Å². The van der Waals surface area contributed by atoms with Gasteiger partial charge in [-0.1, -0.05) is 0 Å². The average Bonchev–Trinajstić information content (AvgIpc) is 2.98. The van der Waals surface area contributed by atoms with Crippen molar-refractivity contribution in [2.24, 2.45) is 0 Å². The van der Waals surface area contributed by atoms with Crippen molar-refractivity contribution >= 4 is 15.7 Å². The van der Waals surface area contributed by atoms with Crippen LogP contribution in [0.25, 0.3) is 5.69 Å². The van der Waals surface area contributed by atoms with E-state index >= 15 is 0 Å². The van der Waals surface area contributed by atoms with Gasteiger partial charge in [0.25, 0.3) is 5.91 Å². The molecule has 5 nitrogen and oxygen atoms in total. The van der Waals surface area contributed by atoms with Crippen molar-refractivity contribution in [2.45, 2.75) is 32.7 Å². The highest BCUT2D eigenvalue weighted by Crippen LogP contribution is 2.23. The normalized spacial score (nSPS) is 22.5. The summed E-state index contributed by atoms with van der Waals surface area (Å²) in [7, 11) is -3.05. The number of rotatable bonds is 3. The van der Waals surface area contributed by atoms with Crippen LogP contribution in [0, 0.1) is 13.8 Å². The molecule has 0 spiro atoms. The van der Waals surface area contributed by atoms with Crippen molar-refractivity contribution in [3.05, 3.63) is 53.3 Å². The Morgan fingerprint density at radius 2 is 1.67 bits per heavy atom. The van der Waals surface area contributed by atoms with E-state index in [9.17, 15) is 13.2 Å². The maximum Gasteiger partial charge on any atom is 0.251 e. The number of nitrogens with zero attached hydrogens (tertiary/aromatic N) is 1. The molecule has 24 heavy (non-hydrogen) atoms. The summed E-state index contributed by atoms with van der Waals surface area (Å²) in [6, 6.07) is 11.5. The third-order valence-corrected chi connectivity index (χ3v) is 6.48. The number of sulfone groups is 1. The Hall–Kier alpha value is -2.08. The second-order valence-corrected chi connectivity index (χ2v) is 9.04. The molecule has 128 valence electrons. The molecule has 1 unspecified atom stereocenters. The van der Waals surface area contributed by atoms with E-state index in [2.05, 4.69) is 22.0 Å². The van der Waals surface area contributed by atoms with Gasteiger partial charge >= 0.3 is 0 Å². The number of hydrogen-bond acceptors (Lipinski definition) is 3. The summed E-state index contributed by atoms with van der Waals surface area (Å²) in [6.45, 7) is 5.86. The first-order valence-corrected chi connectivity index (χ1v) is 9.80. The van der Waals surface area contributed by atoms with Crippen molar-refractivity contribution in [1.29, 1.82) is 0 Å². The van der Waals surface area contributed by atoms with Crippen LogP contribution in [0.15, 0.2) is 36.4 Å². The van der Waals surface area contributed by atoms with Gasteiger partial charge in [-0.2, -0.15) is 0 Å². The highest BCUT2D eigenvalue weighted by Gasteiger charge is 2.39. The Morgan fingerprint density at radius 1 is 1.08 bits per heavy atom. The molecular weight excluding hydrogens is 324 g/mol. The first-order valence-electron chi connectivity index (χ1n) is 7.97. The van der Waals surface area contributed by atoms with Gasteiger partial charge in [-0.3, -0.25) is 4.79 Å². The first kappa shape index (κ1) is 16.8. The predicted octanol–water partition coefficient (Wildman–Crippen LogP) is 2.40. The van der Waals surface area contributed by atoms with Gasteiger partial charge < -0.3 is 9.88 Å². The van der Waals surface area contributed by atoms with Crippen molar-refractivity contribution in [1.82, 2.24) is 9.88 Å². The molecule has 0 bridgehead atoms. The minimum atomic E-state index is -3.05. The van der Waals surface area contributed by atoms with E-state index in [1.807, 2.05) is 26.0 Å². The standard InChI is InChI=1S/C18H22N2O3S/c1-13-4-5-14(2)20(13)16-8-6-15(7-9-16)17(21)19-18(3)10-11-24(22,23)12-18/h4-9H,10-12H2,1-3H3,(H,19,21). The maximum atomic E-state index is 12.4. The number of aryl methyl sites for hydroxylation is 2. The highest BCUT2D eigenvalue weighted by molar-refractivity contribution is 7.91. The second-order valence-electron chi connectivity index (χ2n) is 6.86. The minimum absolute atomic E-state index is 0.00554. The van der Waals surface area contributed by atoms with E-state index in [-0.39, 0.29) is 17.4 Å². The zero-order valence-corrected chi connectivity index (χ0v) is 15.0. The van der Waals surface area contributed by atoms with Crippen molar-refractivity contribution in [3.63, 3.8) is 0 Å². The molecule has 0 aliphatic carbocycles. The third kappa shape index (κ3) is 3.24. The fourth-order valence-corrected chi connectivity index (χ4v) is 5.39. The van der Waals surface area contributed by atoms with Gasteiger partial charge in [0.05, 0.1) is 17.0 Å². The molecule has 1 aromatic carbocycles. The van der Waals surface area contributed by atoms with Crippen LogP contribution in [0.5, 0.6) is 0 Å². The van der Waals surface area contributed by atoms with Gasteiger partial charge in [-0.25, -0.2) is 8.42 Å². The molecule has 6 heteroatoms. The molecule has 1 fully saturated rings. The number of benzene rings is 1. The molecule has 1 aliphatic heterocycles. The van der Waals surface area contributed by atoms with Gasteiger partial charge in [0, 0.05) is 22.6 Å². The topological polar surface area (TPSA) is 68.2 Å². The van der Waals surface area contributed by atoms with Crippen LogP contribution in [0.4, 0.5) is 0 Å². The number of aromatic nitrogens is 1. The van der Waals surface area contributed by atoms with E-state index in [0.717, 1.165) is 17.1 Å². The van der Waals surface area contributed by atoms with E-state index in [4.69, 9.17) is 0 Å². The van der Waals surface area contributed by atoms with Crippen molar-refractivity contribution in [3.8, 4) is 5.69 Å². The Kier molecular flexibility index (Phi) is 4.03. The van der Waals surface area contributed by atoms with E-state index in [1.54, 1.807) is 19.1 Å². The number of amides is 1. The number of nitrogens with one attached hydrogen (secondary N) is 1. The molecule has 1 aliphatic rings. The van der Waals surface area contributed by atoms with Gasteiger partial charge in [0.1, 0.15) is 0 Å². The van der Waals surface area contributed by atoms with Crippen molar-refractivity contribution in [2.75, 3.05) is 11.5 Å². The fourth-order valence-electron chi connectivity index (χ4n) is 3.29. The Bertz CT molecular complexity index is 862. The Morgan fingerprint density at radius 3 is 2.17 bits per heavy atom. The van der Waals surface area contributed by atoms with Crippen LogP contribution >= 0.6 is 0 Å². The molecule has 1 amide bonds. The van der Waals surface area contributed by atoms with Crippen LogP contribution in [0.2, 0.25) is 0 Å². The largest absolute Gasteiger partial charge is 0.346 e. The summed E-state index contributed by atoms with van der Waals surface area (Å²) in [6.07, 6.45) is 0.459. The predicted molar refractivity (Wildman–Crippen MR) is 94.4 cm³/mol. The molecule has 1 aromatic heterocycles. The average molecular weight is 346 g/mol. The zero-order valence-electron chi connectivity index (χ0n) is 14.2. The summed E-state index contributed by atoms with van der Waals surface area (Å²) in [5.41, 5.74) is 3.12. The third-order valence-electron chi connectivity index (χ3n) is 4.58. The lowest BCUT2D eigenvalue weighted by molar-refractivity contribution is 0.0915. The van der Waals surface area contributed by atoms with E-state index < -0.39 is 15.4 Å². The molecule has 1 N–H and O–H groups in total. The molecule has 3 rings (SSSR count). The minimum Gasteiger partial charge on any atom is -0.346 e.